The van der Waals surface area contributed by atoms with Gasteiger partial charge in [-0.3, -0.25) is 0 Å². The molecule has 0 bridgehead atoms. The second kappa shape index (κ2) is 13.0. The minimum absolute atomic E-state index is 0.0619. The molecule has 0 unspecified atom stereocenters. The van der Waals surface area contributed by atoms with Crippen LogP contribution >= 0.6 is 10.0 Å². The van der Waals surface area contributed by atoms with Gasteiger partial charge in [0.05, 0.1) is 0 Å². The maximum Gasteiger partial charge on any atom is 0.252 e. The summed E-state index contributed by atoms with van der Waals surface area (Å²) in [6, 6.07) is 57.0. The van der Waals surface area contributed by atoms with Gasteiger partial charge in [-0.1, -0.05) is 95.1 Å². The normalized spacial score (nSPS) is 13.3. The van der Waals surface area contributed by atoms with E-state index in [0.717, 1.165) is 22.7 Å². The molecule has 0 saturated carbocycles. The molecule has 0 aliphatic carbocycles. The molecule has 9 rings (SSSR count). The first-order chi connectivity index (χ1) is 26.0. The highest BCUT2D eigenvalue weighted by molar-refractivity contribution is 8.32. The zero-order valence-corrected chi connectivity index (χ0v) is 33.1. The quantitative estimate of drug-likeness (QED) is 0.158. The summed E-state index contributed by atoms with van der Waals surface area (Å²) in [7, 11) is -1.10. The minimum Gasteiger partial charge on any atom is -0.311 e. The van der Waals surface area contributed by atoms with Crippen LogP contribution in [0.15, 0.2) is 157 Å². The Kier molecular flexibility index (Phi) is 8.24. The van der Waals surface area contributed by atoms with Gasteiger partial charge in [0.15, 0.2) is 0 Å². The highest BCUT2D eigenvalue weighted by Gasteiger charge is 2.44. The Labute approximate surface area is 322 Å². The maximum atomic E-state index is 2.54. The number of hydrogen-bond acceptors (Lipinski definition) is 3. The molecule has 2 heterocycles. The van der Waals surface area contributed by atoms with Crippen LogP contribution in [0, 0.1) is 27.7 Å². The minimum atomic E-state index is -1.10. The molecular weight excluding hydrogens is 673 g/mol. The van der Waals surface area contributed by atoms with Crippen LogP contribution in [-0.4, -0.2) is 25.5 Å². The molecule has 3 nitrogen and oxygen atoms in total. The number of para-hydroxylation sites is 1. The Hall–Kier alpha value is -5.65. The summed E-state index contributed by atoms with van der Waals surface area (Å²) < 4.78 is 0. The number of benzene rings is 7. The van der Waals surface area contributed by atoms with Crippen molar-refractivity contribution in [3.8, 4) is 0 Å². The molecule has 0 atom stereocenters. The van der Waals surface area contributed by atoms with Crippen LogP contribution in [0.3, 0.4) is 0 Å². The molecule has 0 aromatic heterocycles. The van der Waals surface area contributed by atoms with Crippen LogP contribution in [0.1, 0.15) is 22.3 Å². The van der Waals surface area contributed by atoms with E-state index in [9.17, 15) is 0 Å². The van der Waals surface area contributed by atoms with Crippen molar-refractivity contribution in [2.24, 2.45) is 0 Å². The third kappa shape index (κ3) is 5.79. The van der Waals surface area contributed by atoms with E-state index >= 15 is 0 Å². The lowest BCUT2D eigenvalue weighted by Crippen LogP contribution is -2.61. The Morgan fingerprint density at radius 3 is 1.50 bits per heavy atom. The van der Waals surface area contributed by atoms with Crippen molar-refractivity contribution in [1.82, 2.24) is 0 Å². The molecule has 5 heteroatoms. The lowest BCUT2D eigenvalue weighted by atomic mass is 9.33. The molecule has 0 N–H and O–H groups in total. The van der Waals surface area contributed by atoms with E-state index in [2.05, 4.69) is 213 Å². The Bertz CT molecular complexity index is 2480. The number of anilines is 9. The molecule has 0 spiro atoms. The van der Waals surface area contributed by atoms with E-state index in [-0.39, 0.29) is 6.71 Å². The van der Waals surface area contributed by atoms with Crippen LogP contribution in [0.25, 0.3) is 0 Å². The molecule has 7 aromatic rings. The fraction of sp³-hybridized carbons (Fsp3) is 0.143. The first kappa shape index (κ1) is 34.1. The number of fused-ring (bicyclic) bond motifs is 4. The fourth-order valence-electron chi connectivity index (χ4n) is 8.24. The van der Waals surface area contributed by atoms with Gasteiger partial charge >= 0.3 is 0 Å². The summed E-state index contributed by atoms with van der Waals surface area (Å²) in [6.07, 6.45) is 7.24. The zero-order chi connectivity index (χ0) is 37.3. The summed E-state index contributed by atoms with van der Waals surface area (Å²) in [5, 5.41) is 0. The molecule has 0 fully saturated rings. The van der Waals surface area contributed by atoms with Gasteiger partial charge in [0.1, 0.15) is 0 Å². The Morgan fingerprint density at radius 1 is 0.426 bits per heavy atom. The van der Waals surface area contributed by atoms with Gasteiger partial charge in [0, 0.05) is 51.2 Å². The van der Waals surface area contributed by atoms with Crippen LogP contribution in [0.2, 0.25) is 0 Å². The number of aryl methyl sites for hydroxylation is 4. The highest BCUT2D eigenvalue weighted by atomic mass is 32.3. The highest BCUT2D eigenvalue weighted by Crippen LogP contribution is 2.52. The zero-order valence-electron chi connectivity index (χ0n) is 32.3. The predicted octanol–water partition coefficient (Wildman–Crippen LogP) is 11.5. The summed E-state index contributed by atoms with van der Waals surface area (Å²) in [6.45, 7) is 8.76. The molecule has 0 radical (unpaired) electrons. The smallest absolute Gasteiger partial charge is 0.252 e. The average molecular weight is 720 g/mol. The first-order valence-electron chi connectivity index (χ1n) is 18.8. The van der Waals surface area contributed by atoms with Gasteiger partial charge in [-0.25, -0.2) is 10.0 Å². The molecular formula is C49H46BN3S. The van der Waals surface area contributed by atoms with Crippen molar-refractivity contribution in [1.29, 1.82) is 0 Å². The van der Waals surface area contributed by atoms with E-state index in [1.165, 1.54) is 72.0 Å². The average Bonchev–Trinajstić information content (AvgIpc) is 3.16. The second-order valence-electron chi connectivity index (χ2n) is 15.8. The van der Waals surface area contributed by atoms with E-state index in [1.807, 2.05) is 0 Å². The van der Waals surface area contributed by atoms with Gasteiger partial charge in [-0.2, -0.15) is 0 Å². The van der Waals surface area contributed by atoms with E-state index in [1.54, 1.807) is 0 Å². The summed E-state index contributed by atoms with van der Waals surface area (Å²) in [4.78, 5) is 8.86. The van der Waals surface area contributed by atoms with Crippen LogP contribution in [0.4, 0.5) is 51.2 Å². The summed E-state index contributed by atoms with van der Waals surface area (Å²) in [5.74, 6) is 0. The molecule has 2 aliphatic heterocycles. The standard InChI is InChI=1S/C49H46BN3S/c1-33-13-20-38(21-14-33)51(39-22-15-34(2)16-23-39)41-26-27-43-46(30-41)53(37-11-9-8-10-12-37)48-32-42(54(5,6)7)31-47-49(48)50(43)44-29-36(4)19-28-45(44)52(47)40-24-17-35(3)18-25-40/h8-32H,1-7H3. The molecule has 2 aliphatic rings. The number of rotatable bonds is 6. The van der Waals surface area contributed by atoms with E-state index < -0.39 is 10.0 Å². The number of nitrogens with zero attached hydrogens (tertiary/aromatic N) is 3. The fourth-order valence-corrected chi connectivity index (χ4v) is 9.17. The van der Waals surface area contributed by atoms with Crippen LogP contribution in [-0.2, 0) is 0 Å². The SMILES string of the molecule is Cc1ccc(N(c2ccc(C)cc2)c2ccc3c(c2)N(c2ccccc2)c2cc(S(C)(C)C)cc4c2B3c2cc(C)ccc2N4c2ccc(C)cc2)cc1. The largest absolute Gasteiger partial charge is 0.311 e. The van der Waals surface area contributed by atoms with Crippen molar-refractivity contribution in [3.63, 3.8) is 0 Å². The van der Waals surface area contributed by atoms with Gasteiger partial charge in [-0.15, -0.1) is 0 Å². The molecule has 7 aromatic carbocycles. The number of hydrogen-bond donors (Lipinski definition) is 0. The van der Waals surface area contributed by atoms with E-state index in [0.29, 0.717) is 0 Å². The van der Waals surface area contributed by atoms with Gasteiger partial charge in [0.2, 0.25) is 0 Å². The molecule has 0 amide bonds. The lowest BCUT2D eigenvalue weighted by molar-refractivity contribution is 1.21. The van der Waals surface area contributed by atoms with Gasteiger partial charge < -0.3 is 14.7 Å². The maximum absolute atomic E-state index is 2.54. The van der Waals surface area contributed by atoms with Crippen molar-refractivity contribution < 1.29 is 0 Å². The van der Waals surface area contributed by atoms with Crippen molar-refractivity contribution in [3.05, 3.63) is 174 Å². The first-order valence-corrected chi connectivity index (χ1v) is 21.7. The van der Waals surface area contributed by atoms with Gasteiger partial charge in [-0.05, 0) is 147 Å². The van der Waals surface area contributed by atoms with Crippen LogP contribution < -0.4 is 31.1 Å². The predicted molar refractivity (Wildman–Crippen MR) is 238 cm³/mol. The van der Waals surface area contributed by atoms with Crippen molar-refractivity contribution in [2.75, 3.05) is 33.5 Å². The topological polar surface area (TPSA) is 9.72 Å². The van der Waals surface area contributed by atoms with Crippen molar-refractivity contribution in [2.45, 2.75) is 32.6 Å². The Balaban J connectivity index is 1.36. The summed E-state index contributed by atoms with van der Waals surface area (Å²) >= 11 is 0. The monoisotopic (exact) mass is 719 g/mol. The lowest BCUT2D eigenvalue weighted by Gasteiger charge is -2.45. The van der Waals surface area contributed by atoms with Crippen LogP contribution in [0.5, 0.6) is 0 Å². The van der Waals surface area contributed by atoms with Gasteiger partial charge in [0.25, 0.3) is 6.71 Å². The third-order valence-electron chi connectivity index (χ3n) is 11.0. The third-order valence-corrected chi connectivity index (χ3v) is 12.7. The second-order valence-corrected chi connectivity index (χ2v) is 19.9. The van der Waals surface area contributed by atoms with E-state index in [4.69, 9.17) is 0 Å². The molecule has 54 heavy (non-hydrogen) atoms. The molecule has 0 saturated heterocycles. The molecule has 266 valence electrons. The summed E-state index contributed by atoms with van der Waals surface area (Å²) in [5.41, 5.74) is 19.8. The Morgan fingerprint density at radius 2 is 0.926 bits per heavy atom. The van der Waals surface area contributed by atoms with Crippen molar-refractivity contribution >= 4 is 84.3 Å².